The van der Waals surface area contributed by atoms with Crippen LogP contribution in [-0.2, 0) is 0 Å². The molecule has 0 amide bonds. The molecule has 0 aliphatic rings. The van der Waals surface area contributed by atoms with Crippen molar-refractivity contribution in [3.63, 3.8) is 0 Å². The van der Waals surface area contributed by atoms with Gasteiger partial charge in [0.1, 0.15) is 0 Å². The molecule has 3 nitrogen and oxygen atoms in total. The van der Waals surface area contributed by atoms with Crippen LogP contribution in [0.2, 0.25) is 0 Å². The number of rotatable bonds is 8. The molecule has 3 heteroatoms. The first kappa shape index (κ1) is 13.9. The lowest BCUT2D eigenvalue weighted by Gasteiger charge is -2.27. The quantitative estimate of drug-likeness (QED) is 0.628. The van der Waals surface area contributed by atoms with E-state index in [0.29, 0.717) is 6.04 Å². The monoisotopic (exact) mass is 201 g/mol. The molecule has 0 aliphatic heterocycles. The summed E-state index contributed by atoms with van der Waals surface area (Å²) in [7, 11) is 4.19. The molecule has 0 aromatic carbocycles. The Bertz CT molecular complexity index is 126. The van der Waals surface area contributed by atoms with Crippen LogP contribution in [0.25, 0.3) is 0 Å². The Balaban J connectivity index is 3.57. The van der Waals surface area contributed by atoms with Crippen molar-refractivity contribution in [1.82, 2.24) is 15.1 Å². The van der Waals surface area contributed by atoms with Gasteiger partial charge in [0, 0.05) is 32.2 Å². The standard InChI is InChI=1S/C11H27N3/c1-6-14(11(2)3)10-9-13(5)8-7-12-4/h11-12H,6-10H2,1-5H3. The molecule has 0 radical (unpaired) electrons. The Hall–Kier alpha value is -0.120. The highest BCUT2D eigenvalue weighted by atomic mass is 15.2. The third-order valence-corrected chi connectivity index (χ3v) is 2.65. The second-order valence-corrected chi connectivity index (χ2v) is 4.13. The molecule has 0 heterocycles. The smallest absolute Gasteiger partial charge is 0.0112 e. The zero-order valence-corrected chi connectivity index (χ0v) is 10.5. The van der Waals surface area contributed by atoms with Crippen molar-refractivity contribution in [2.75, 3.05) is 46.8 Å². The molecular formula is C11H27N3. The fourth-order valence-corrected chi connectivity index (χ4v) is 1.50. The summed E-state index contributed by atoms with van der Waals surface area (Å²) in [4.78, 5) is 4.87. The van der Waals surface area contributed by atoms with Gasteiger partial charge >= 0.3 is 0 Å². The van der Waals surface area contributed by atoms with Crippen molar-refractivity contribution in [3.8, 4) is 0 Å². The fourth-order valence-electron chi connectivity index (χ4n) is 1.50. The second kappa shape index (κ2) is 8.21. The molecule has 0 rings (SSSR count). The summed E-state index contributed by atoms with van der Waals surface area (Å²) in [5, 5.41) is 3.17. The summed E-state index contributed by atoms with van der Waals surface area (Å²) in [6.07, 6.45) is 0. The van der Waals surface area contributed by atoms with Crippen LogP contribution in [0.1, 0.15) is 20.8 Å². The molecule has 0 bridgehead atoms. The van der Waals surface area contributed by atoms with E-state index >= 15 is 0 Å². The van der Waals surface area contributed by atoms with E-state index < -0.39 is 0 Å². The maximum atomic E-state index is 3.17. The highest BCUT2D eigenvalue weighted by Crippen LogP contribution is 1.97. The normalized spacial score (nSPS) is 12.0. The number of likely N-dealkylation sites (N-methyl/N-ethyl adjacent to an activating group) is 3. The van der Waals surface area contributed by atoms with Gasteiger partial charge in [0.15, 0.2) is 0 Å². The van der Waals surface area contributed by atoms with E-state index in [4.69, 9.17) is 0 Å². The van der Waals surface area contributed by atoms with E-state index in [1.807, 2.05) is 7.05 Å². The fraction of sp³-hybridized carbons (Fsp3) is 1.00. The van der Waals surface area contributed by atoms with E-state index in [0.717, 1.165) is 26.2 Å². The van der Waals surface area contributed by atoms with Crippen LogP contribution in [0.5, 0.6) is 0 Å². The number of nitrogens with zero attached hydrogens (tertiary/aromatic N) is 2. The number of nitrogens with one attached hydrogen (secondary N) is 1. The van der Waals surface area contributed by atoms with Crippen molar-refractivity contribution >= 4 is 0 Å². The zero-order chi connectivity index (χ0) is 11.0. The van der Waals surface area contributed by atoms with Crippen molar-refractivity contribution in [1.29, 1.82) is 0 Å². The second-order valence-electron chi connectivity index (χ2n) is 4.13. The van der Waals surface area contributed by atoms with Crippen molar-refractivity contribution in [2.45, 2.75) is 26.8 Å². The lowest BCUT2D eigenvalue weighted by molar-refractivity contribution is 0.198. The van der Waals surface area contributed by atoms with Gasteiger partial charge in [-0.2, -0.15) is 0 Å². The summed E-state index contributed by atoms with van der Waals surface area (Å²) in [5.74, 6) is 0. The average molecular weight is 201 g/mol. The molecule has 14 heavy (non-hydrogen) atoms. The summed E-state index contributed by atoms with van der Waals surface area (Å²) in [6, 6.07) is 0.665. The minimum atomic E-state index is 0.665. The molecule has 0 aliphatic carbocycles. The Morgan fingerprint density at radius 1 is 1.14 bits per heavy atom. The van der Waals surface area contributed by atoms with Gasteiger partial charge in [0.2, 0.25) is 0 Å². The van der Waals surface area contributed by atoms with E-state index in [2.05, 4.69) is 42.9 Å². The van der Waals surface area contributed by atoms with Crippen molar-refractivity contribution in [2.24, 2.45) is 0 Å². The van der Waals surface area contributed by atoms with Crippen LogP contribution in [0.3, 0.4) is 0 Å². The van der Waals surface area contributed by atoms with Crippen LogP contribution >= 0.6 is 0 Å². The third-order valence-electron chi connectivity index (χ3n) is 2.65. The average Bonchev–Trinajstić information content (AvgIpc) is 2.15. The SMILES string of the molecule is CCN(CCN(C)CCNC)C(C)C. The predicted octanol–water partition coefficient (Wildman–Crippen LogP) is 0.868. The molecule has 0 saturated heterocycles. The van der Waals surface area contributed by atoms with Crippen molar-refractivity contribution in [3.05, 3.63) is 0 Å². The van der Waals surface area contributed by atoms with Gasteiger partial charge in [-0.25, -0.2) is 0 Å². The highest BCUT2D eigenvalue weighted by molar-refractivity contribution is 4.63. The lowest BCUT2D eigenvalue weighted by atomic mass is 10.3. The Kier molecular flexibility index (Phi) is 8.14. The van der Waals surface area contributed by atoms with E-state index in [1.165, 1.54) is 6.54 Å². The predicted molar refractivity (Wildman–Crippen MR) is 63.8 cm³/mol. The van der Waals surface area contributed by atoms with Gasteiger partial charge in [-0.3, -0.25) is 4.90 Å². The van der Waals surface area contributed by atoms with E-state index in [9.17, 15) is 0 Å². The lowest BCUT2D eigenvalue weighted by Crippen LogP contribution is -2.38. The van der Waals surface area contributed by atoms with Crippen LogP contribution < -0.4 is 5.32 Å². The molecule has 0 saturated carbocycles. The molecular weight excluding hydrogens is 174 g/mol. The van der Waals surface area contributed by atoms with Gasteiger partial charge in [-0.05, 0) is 34.5 Å². The summed E-state index contributed by atoms with van der Waals surface area (Å²) in [5.41, 5.74) is 0. The van der Waals surface area contributed by atoms with Crippen LogP contribution in [-0.4, -0.2) is 62.7 Å². The van der Waals surface area contributed by atoms with Gasteiger partial charge in [0.25, 0.3) is 0 Å². The molecule has 0 aromatic rings. The van der Waals surface area contributed by atoms with Gasteiger partial charge < -0.3 is 10.2 Å². The Morgan fingerprint density at radius 2 is 1.79 bits per heavy atom. The minimum absolute atomic E-state index is 0.665. The van der Waals surface area contributed by atoms with Gasteiger partial charge in [0.05, 0.1) is 0 Å². The van der Waals surface area contributed by atoms with Crippen molar-refractivity contribution < 1.29 is 0 Å². The highest BCUT2D eigenvalue weighted by Gasteiger charge is 2.07. The first-order valence-corrected chi connectivity index (χ1v) is 5.69. The summed E-state index contributed by atoms with van der Waals surface area (Å²) >= 11 is 0. The Morgan fingerprint density at radius 3 is 2.21 bits per heavy atom. The minimum Gasteiger partial charge on any atom is -0.318 e. The molecule has 0 unspecified atom stereocenters. The van der Waals surface area contributed by atoms with E-state index in [1.54, 1.807) is 0 Å². The molecule has 0 aromatic heterocycles. The molecule has 0 spiro atoms. The first-order chi connectivity index (χ1) is 6.61. The van der Waals surface area contributed by atoms with Crippen LogP contribution in [0.4, 0.5) is 0 Å². The molecule has 0 atom stereocenters. The third kappa shape index (κ3) is 6.35. The van der Waals surface area contributed by atoms with Gasteiger partial charge in [-0.1, -0.05) is 6.92 Å². The summed E-state index contributed by atoms with van der Waals surface area (Å²) in [6.45, 7) is 12.4. The molecule has 86 valence electrons. The zero-order valence-electron chi connectivity index (χ0n) is 10.5. The molecule has 0 fully saturated rings. The number of hydrogen-bond acceptors (Lipinski definition) is 3. The maximum absolute atomic E-state index is 3.17. The Labute approximate surface area is 89.5 Å². The largest absolute Gasteiger partial charge is 0.318 e. The summed E-state index contributed by atoms with van der Waals surface area (Å²) < 4.78 is 0. The topological polar surface area (TPSA) is 18.5 Å². The van der Waals surface area contributed by atoms with Crippen LogP contribution in [0, 0.1) is 0 Å². The van der Waals surface area contributed by atoms with Crippen LogP contribution in [0.15, 0.2) is 0 Å². The first-order valence-electron chi connectivity index (χ1n) is 5.69. The molecule has 1 N–H and O–H groups in total. The van der Waals surface area contributed by atoms with Gasteiger partial charge in [-0.15, -0.1) is 0 Å². The van der Waals surface area contributed by atoms with E-state index in [-0.39, 0.29) is 0 Å². The maximum Gasteiger partial charge on any atom is 0.0112 e. The number of hydrogen-bond donors (Lipinski definition) is 1.